The molecule has 0 heterocycles. The molecule has 1 atom stereocenters. The van der Waals surface area contributed by atoms with Crippen LogP contribution in [0.5, 0.6) is 0 Å². The third-order valence-electron chi connectivity index (χ3n) is 3.60. The number of hydrogen-bond donors (Lipinski definition) is 1. The van der Waals surface area contributed by atoms with Gasteiger partial charge in [-0.25, -0.2) is 0 Å². The maximum atomic E-state index is 12.1. The summed E-state index contributed by atoms with van der Waals surface area (Å²) in [6.07, 6.45) is 2.98. The second-order valence-electron chi connectivity index (χ2n) is 6.01. The topological polar surface area (TPSA) is 52.3 Å². The number of allylic oxidation sites excluding steroid dienone is 1. The molecule has 1 aliphatic rings. The molecule has 0 aromatic carbocycles. The van der Waals surface area contributed by atoms with Gasteiger partial charge in [-0.3, -0.25) is 4.79 Å². The highest BCUT2D eigenvalue weighted by Gasteiger charge is 2.37. The number of ether oxygens (including phenoxy) is 1. The second kappa shape index (κ2) is 5.87. The number of rotatable bonds is 4. The quantitative estimate of drug-likeness (QED) is 0.619. The predicted octanol–water partition coefficient (Wildman–Crippen LogP) is 3.04. The molecule has 18 heavy (non-hydrogen) atoms. The van der Waals surface area contributed by atoms with Crippen molar-refractivity contribution in [3.63, 3.8) is 0 Å². The highest BCUT2D eigenvalue weighted by Crippen LogP contribution is 2.39. The van der Waals surface area contributed by atoms with Crippen molar-refractivity contribution >= 4 is 5.97 Å². The molecule has 0 bridgehead atoms. The molecule has 0 spiro atoms. The molecule has 0 amide bonds. The van der Waals surface area contributed by atoms with Crippen LogP contribution in [0.4, 0.5) is 0 Å². The summed E-state index contributed by atoms with van der Waals surface area (Å²) in [4.78, 5) is 12.1. The summed E-state index contributed by atoms with van der Waals surface area (Å²) in [5.41, 5.74) is 8.32. The largest absolute Gasteiger partial charge is 0.466 e. The van der Waals surface area contributed by atoms with Gasteiger partial charge in [0, 0.05) is 5.54 Å². The number of nitrogens with two attached hydrogens (primary N) is 1. The first-order chi connectivity index (χ1) is 8.29. The van der Waals surface area contributed by atoms with Crippen molar-refractivity contribution in [2.24, 2.45) is 17.6 Å². The highest BCUT2D eigenvalue weighted by molar-refractivity contribution is 5.77. The van der Waals surface area contributed by atoms with Crippen molar-refractivity contribution in [1.82, 2.24) is 0 Å². The lowest BCUT2D eigenvalue weighted by Gasteiger charge is -2.36. The van der Waals surface area contributed by atoms with Gasteiger partial charge in [-0.05, 0) is 51.5 Å². The van der Waals surface area contributed by atoms with Crippen LogP contribution in [0, 0.1) is 11.8 Å². The van der Waals surface area contributed by atoms with E-state index in [2.05, 4.69) is 13.8 Å². The summed E-state index contributed by atoms with van der Waals surface area (Å²) in [5.74, 6) is 0.194. The fourth-order valence-electron chi connectivity index (χ4n) is 2.94. The van der Waals surface area contributed by atoms with Crippen molar-refractivity contribution in [3.05, 3.63) is 11.1 Å². The molecule has 104 valence electrons. The molecule has 0 aliphatic heterocycles. The Balaban J connectivity index is 3.17. The summed E-state index contributed by atoms with van der Waals surface area (Å²) < 4.78 is 5.21. The molecule has 0 radical (unpaired) electrons. The molecule has 1 aliphatic carbocycles. The Hall–Kier alpha value is -0.830. The maximum absolute atomic E-state index is 12.1. The molecule has 0 saturated heterocycles. The van der Waals surface area contributed by atoms with Gasteiger partial charge in [-0.15, -0.1) is 0 Å². The average Bonchev–Trinajstić information content (AvgIpc) is 2.27. The monoisotopic (exact) mass is 253 g/mol. The maximum Gasteiger partial charge on any atom is 0.313 e. The van der Waals surface area contributed by atoms with E-state index in [0.717, 1.165) is 24.8 Å². The van der Waals surface area contributed by atoms with Gasteiger partial charge >= 0.3 is 5.97 Å². The van der Waals surface area contributed by atoms with Gasteiger partial charge in [0.1, 0.15) is 0 Å². The van der Waals surface area contributed by atoms with E-state index in [1.165, 1.54) is 5.57 Å². The van der Waals surface area contributed by atoms with Crippen molar-refractivity contribution in [2.45, 2.75) is 59.4 Å². The van der Waals surface area contributed by atoms with E-state index in [1.54, 1.807) is 0 Å². The molecule has 0 aromatic rings. The number of carbonyl (C=O) groups excluding carboxylic acids is 1. The smallest absolute Gasteiger partial charge is 0.313 e. The van der Waals surface area contributed by atoms with Gasteiger partial charge < -0.3 is 10.5 Å². The minimum Gasteiger partial charge on any atom is -0.466 e. The van der Waals surface area contributed by atoms with Gasteiger partial charge in [-0.1, -0.05) is 19.4 Å². The molecule has 0 fully saturated rings. The lowest BCUT2D eigenvalue weighted by Crippen LogP contribution is -2.43. The van der Waals surface area contributed by atoms with Crippen LogP contribution in [0.15, 0.2) is 11.1 Å². The summed E-state index contributed by atoms with van der Waals surface area (Å²) >= 11 is 0. The van der Waals surface area contributed by atoms with E-state index in [4.69, 9.17) is 10.5 Å². The van der Waals surface area contributed by atoms with Crippen LogP contribution in [-0.2, 0) is 9.53 Å². The van der Waals surface area contributed by atoms with E-state index in [0.29, 0.717) is 12.5 Å². The van der Waals surface area contributed by atoms with Crippen LogP contribution in [0.1, 0.15) is 53.9 Å². The van der Waals surface area contributed by atoms with Gasteiger partial charge in [0.25, 0.3) is 0 Å². The van der Waals surface area contributed by atoms with Gasteiger partial charge in [0.15, 0.2) is 0 Å². The summed E-state index contributed by atoms with van der Waals surface area (Å²) in [6.45, 7) is 10.6. The summed E-state index contributed by atoms with van der Waals surface area (Å²) in [6, 6.07) is 0. The zero-order chi connectivity index (χ0) is 13.9. The minimum atomic E-state index is -0.447. The zero-order valence-corrected chi connectivity index (χ0v) is 12.4. The first kappa shape index (κ1) is 15.2. The third kappa shape index (κ3) is 3.35. The Bertz CT molecular complexity index is 337. The molecule has 1 rings (SSSR count). The summed E-state index contributed by atoms with van der Waals surface area (Å²) in [5, 5.41) is 0. The number of esters is 1. The fourth-order valence-corrected chi connectivity index (χ4v) is 2.94. The molecule has 0 aromatic heterocycles. The van der Waals surface area contributed by atoms with Crippen molar-refractivity contribution in [2.75, 3.05) is 6.61 Å². The molecular weight excluding hydrogens is 226 g/mol. The summed E-state index contributed by atoms with van der Waals surface area (Å²) in [7, 11) is 0. The van der Waals surface area contributed by atoms with Crippen LogP contribution in [0.25, 0.3) is 0 Å². The van der Waals surface area contributed by atoms with Crippen LogP contribution in [0.2, 0.25) is 0 Å². The Kier molecular flexibility index (Phi) is 4.97. The molecule has 1 unspecified atom stereocenters. The van der Waals surface area contributed by atoms with Gasteiger partial charge in [0.2, 0.25) is 0 Å². The van der Waals surface area contributed by atoms with E-state index in [9.17, 15) is 4.79 Å². The third-order valence-corrected chi connectivity index (χ3v) is 3.60. The van der Waals surface area contributed by atoms with Gasteiger partial charge in [-0.2, -0.15) is 0 Å². The first-order valence-corrected chi connectivity index (χ1v) is 6.98. The van der Waals surface area contributed by atoms with Gasteiger partial charge in [0.05, 0.1) is 12.5 Å². The Morgan fingerprint density at radius 3 is 2.56 bits per heavy atom. The molecule has 2 N–H and O–H groups in total. The molecule has 3 nitrogen and oxygen atoms in total. The fraction of sp³-hybridized carbons (Fsp3) is 0.800. The van der Waals surface area contributed by atoms with E-state index in [1.807, 2.05) is 20.8 Å². The van der Waals surface area contributed by atoms with Crippen molar-refractivity contribution in [1.29, 1.82) is 0 Å². The van der Waals surface area contributed by atoms with Crippen LogP contribution in [-0.4, -0.2) is 18.1 Å². The van der Waals surface area contributed by atoms with Crippen molar-refractivity contribution in [3.8, 4) is 0 Å². The van der Waals surface area contributed by atoms with Crippen LogP contribution < -0.4 is 5.73 Å². The Morgan fingerprint density at radius 1 is 1.50 bits per heavy atom. The predicted molar refractivity (Wildman–Crippen MR) is 74.1 cm³/mol. The Morgan fingerprint density at radius 2 is 2.11 bits per heavy atom. The van der Waals surface area contributed by atoms with Crippen LogP contribution >= 0.6 is 0 Å². The Labute approximate surface area is 111 Å². The lowest BCUT2D eigenvalue weighted by atomic mass is 9.72. The van der Waals surface area contributed by atoms with E-state index < -0.39 is 5.54 Å². The molecule has 0 saturated carbocycles. The lowest BCUT2D eigenvalue weighted by molar-refractivity contribution is -0.147. The molecule has 3 heteroatoms. The van der Waals surface area contributed by atoms with Crippen molar-refractivity contribution < 1.29 is 9.53 Å². The standard InChI is InChI=1S/C15H27NO2/c1-6-18-14(17)12-9-7-8-11(10(2)3)13(12)15(4,5)16/h10,12H,6-9,16H2,1-5H3. The SMILES string of the molecule is CCOC(=O)C1CCCC(C(C)C)=C1C(C)(C)N. The number of carbonyl (C=O) groups is 1. The van der Waals surface area contributed by atoms with E-state index in [-0.39, 0.29) is 11.9 Å². The zero-order valence-electron chi connectivity index (χ0n) is 12.4. The minimum absolute atomic E-state index is 0.108. The highest BCUT2D eigenvalue weighted by atomic mass is 16.5. The van der Waals surface area contributed by atoms with Crippen LogP contribution in [0.3, 0.4) is 0 Å². The molecular formula is C15H27NO2. The second-order valence-corrected chi connectivity index (χ2v) is 6.01. The van der Waals surface area contributed by atoms with E-state index >= 15 is 0 Å². The number of hydrogen-bond acceptors (Lipinski definition) is 3. The normalized spacial score (nSPS) is 21.4. The average molecular weight is 253 g/mol. The first-order valence-electron chi connectivity index (χ1n) is 6.98.